The van der Waals surface area contributed by atoms with Gasteiger partial charge in [-0.15, -0.1) is 0 Å². The number of halogens is 1. The summed E-state index contributed by atoms with van der Waals surface area (Å²) in [5.41, 5.74) is 0.101. The quantitative estimate of drug-likeness (QED) is 0.938. The molecule has 1 fully saturated rings. The Balaban J connectivity index is 1.57. The number of hydrogen-bond donors (Lipinski definition) is 1. The third-order valence-corrected chi connectivity index (χ3v) is 4.09. The van der Waals surface area contributed by atoms with E-state index in [0.29, 0.717) is 18.1 Å². The van der Waals surface area contributed by atoms with Crippen molar-refractivity contribution in [1.82, 2.24) is 9.88 Å². The Labute approximate surface area is 139 Å². The molecule has 1 N–H and O–H groups in total. The van der Waals surface area contributed by atoms with Gasteiger partial charge >= 0.3 is 0 Å². The number of ether oxygens (including phenoxy) is 1. The highest BCUT2D eigenvalue weighted by Gasteiger charge is 2.26. The summed E-state index contributed by atoms with van der Waals surface area (Å²) >= 11 is 5.85. The molecule has 2 aromatic rings. The molecule has 0 bridgehead atoms. The number of rotatable bonds is 3. The molecule has 0 aliphatic carbocycles. The molecule has 0 atom stereocenters. The molecule has 23 heavy (non-hydrogen) atoms. The predicted molar refractivity (Wildman–Crippen MR) is 86.9 cm³/mol. The van der Waals surface area contributed by atoms with Crippen LogP contribution in [0.5, 0.6) is 11.5 Å². The van der Waals surface area contributed by atoms with E-state index in [4.69, 9.17) is 16.3 Å². The summed E-state index contributed by atoms with van der Waals surface area (Å²) in [6.07, 6.45) is 3.05. The molecular formula is C17H17ClN2O3. The summed E-state index contributed by atoms with van der Waals surface area (Å²) in [6, 6.07) is 10.3. The monoisotopic (exact) mass is 332 g/mol. The highest BCUT2D eigenvalue weighted by atomic mass is 35.5. The van der Waals surface area contributed by atoms with E-state index in [0.717, 1.165) is 18.6 Å². The van der Waals surface area contributed by atoms with Crippen LogP contribution in [0.25, 0.3) is 0 Å². The average Bonchev–Trinajstić information content (AvgIpc) is 2.57. The van der Waals surface area contributed by atoms with Crippen LogP contribution in [0.15, 0.2) is 42.6 Å². The Morgan fingerprint density at radius 1 is 1.22 bits per heavy atom. The molecule has 5 nitrogen and oxygen atoms in total. The van der Waals surface area contributed by atoms with E-state index in [1.807, 2.05) is 12.1 Å². The maximum atomic E-state index is 12.4. The first-order valence-electron chi connectivity index (χ1n) is 7.49. The van der Waals surface area contributed by atoms with Crippen molar-refractivity contribution in [2.45, 2.75) is 18.9 Å². The van der Waals surface area contributed by atoms with E-state index in [9.17, 15) is 9.90 Å². The number of carbonyl (C=O) groups is 1. The van der Waals surface area contributed by atoms with Gasteiger partial charge in [-0.25, -0.2) is 4.98 Å². The van der Waals surface area contributed by atoms with Gasteiger partial charge in [-0.05, 0) is 36.4 Å². The van der Waals surface area contributed by atoms with Crippen LogP contribution in [-0.2, 0) is 0 Å². The number of benzene rings is 1. The van der Waals surface area contributed by atoms with Crippen molar-refractivity contribution >= 4 is 17.5 Å². The summed E-state index contributed by atoms with van der Waals surface area (Å²) in [6.45, 7) is 1.15. The van der Waals surface area contributed by atoms with Crippen molar-refractivity contribution in [1.29, 1.82) is 0 Å². The van der Waals surface area contributed by atoms with Gasteiger partial charge in [-0.2, -0.15) is 0 Å². The van der Waals surface area contributed by atoms with Crippen molar-refractivity contribution in [2.75, 3.05) is 13.1 Å². The van der Waals surface area contributed by atoms with Gasteiger partial charge in [0.05, 0.1) is 0 Å². The number of piperidine rings is 1. The molecule has 0 spiro atoms. The van der Waals surface area contributed by atoms with Crippen molar-refractivity contribution in [2.24, 2.45) is 0 Å². The van der Waals surface area contributed by atoms with Crippen LogP contribution < -0.4 is 4.74 Å². The van der Waals surface area contributed by atoms with Crippen LogP contribution in [-0.4, -0.2) is 40.1 Å². The zero-order valence-corrected chi connectivity index (χ0v) is 13.2. The normalized spacial score (nSPS) is 15.4. The van der Waals surface area contributed by atoms with Crippen molar-refractivity contribution in [3.8, 4) is 11.5 Å². The summed E-state index contributed by atoms with van der Waals surface area (Å²) in [4.78, 5) is 18.0. The van der Waals surface area contributed by atoms with Crippen LogP contribution in [0.1, 0.15) is 23.3 Å². The third kappa shape index (κ3) is 3.74. The maximum absolute atomic E-state index is 12.4. The number of carbonyl (C=O) groups excluding carboxylic acids is 1. The summed E-state index contributed by atoms with van der Waals surface area (Å²) < 4.78 is 5.91. The fraction of sp³-hybridized carbons (Fsp3) is 0.294. The Morgan fingerprint density at radius 3 is 2.57 bits per heavy atom. The fourth-order valence-electron chi connectivity index (χ4n) is 2.59. The van der Waals surface area contributed by atoms with E-state index in [1.165, 1.54) is 12.3 Å². The van der Waals surface area contributed by atoms with Gasteiger partial charge in [0.25, 0.3) is 5.91 Å². The molecule has 0 unspecified atom stereocenters. The average molecular weight is 333 g/mol. The van der Waals surface area contributed by atoms with Gasteiger partial charge in [0, 0.05) is 37.2 Å². The second kappa shape index (κ2) is 6.87. The molecule has 3 rings (SSSR count). The molecule has 1 aromatic heterocycles. The SMILES string of the molecule is O=C(c1ncccc1O)N1CCC(Oc2ccc(Cl)cc2)CC1. The lowest BCUT2D eigenvalue weighted by atomic mass is 10.1. The zero-order valence-electron chi connectivity index (χ0n) is 12.5. The molecule has 1 saturated heterocycles. The molecule has 1 aliphatic rings. The minimum absolute atomic E-state index is 0.0672. The second-order valence-corrected chi connectivity index (χ2v) is 5.87. The van der Waals surface area contributed by atoms with Gasteiger partial charge in [0.15, 0.2) is 5.69 Å². The smallest absolute Gasteiger partial charge is 0.276 e. The largest absolute Gasteiger partial charge is 0.505 e. The Kier molecular flexibility index (Phi) is 4.67. The number of aromatic hydroxyl groups is 1. The van der Waals surface area contributed by atoms with Gasteiger partial charge in [-0.3, -0.25) is 4.79 Å². The van der Waals surface area contributed by atoms with Gasteiger partial charge in [-0.1, -0.05) is 11.6 Å². The standard InChI is InChI=1S/C17H17ClN2O3/c18-12-3-5-13(6-4-12)23-14-7-10-20(11-8-14)17(22)16-15(21)2-1-9-19-16/h1-6,9,14,21H,7-8,10-11H2. The number of pyridine rings is 1. The van der Waals surface area contributed by atoms with E-state index in [-0.39, 0.29) is 23.5 Å². The van der Waals surface area contributed by atoms with Crippen molar-refractivity contribution in [3.63, 3.8) is 0 Å². The lowest BCUT2D eigenvalue weighted by Gasteiger charge is -2.32. The predicted octanol–water partition coefficient (Wildman–Crippen LogP) is 3.12. The van der Waals surface area contributed by atoms with Gasteiger partial charge < -0.3 is 14.7 Å². The molecule has 6 heteroatoms. The highest BCUT2D eigenvalue weighted by molar-refractivity contribution is 6.30. The first-order chi connectivity index (χ1) is 11.1. The molecule has 0 radical (unpaired) electrons. The van der Waals surface area contributed by atoms with Crippen LogP contribution in [0.3, 0.4) is 0 Å². The maximum Gasteiger partial charge on any atom is 0.276 e. The molecular weight excluding hydrogens is 316 g/mol. The molecule has 1 aliphatic heterocycles. The number of likely N-dealkylation sites (tertiary alicyclic amines) is 1. The minimum atomic E-state index is -0.243. The Hall–Kier alpha value is -2.27. The van der Waals surface area contributed by atoms with E-state index < -0.39 is 0 Å². The van der Waals surface area contributed by atoms with Crippen LogP contribution in [0.2, 0.25) is 5.02 Å². The van der Waals surface area contributed by atoms with Crippen molar-refractivity contribution in [3.05, 3.63) is 53.3 Å². The first kappa shape index (κ1) is 15.6. The lowest BCUT2D eigenvalue weighted by Crippen LogP contribution is -2.42. The third-order valence-electron chi connectivity index (χ3n) is 3.83. The number of amides is 1. The lowest BCUT2D eigenvalue weighted by molar-refractivity contribution is 0.0587. The second-order valence-electron chi connectivity index (χ2n) is 5.43. The van der Waals surface area contributed by atoms with Gasteiger partial charge in [0.1, 0.15) is 17.6 Å². The molecule has 0 saturated carbocycles. The number of nitrogens with zero attached hydrogens (tertiary/aromatic N) is 2. The molecule has 2 heterocycles. The summed E-state index contributed by atoms with van der Waals surface area (Å²) in [7, 11) is 0. The summed E-state index contributed by atoms with van der Waals surface area (Å²) in [5.74, 6) is 0.451. The molecule has 1 amide bonds. The summed E-state index contributed by atoms with van der Waals surface area (Å²) in [5, 5.41) is 10.4. The highest BCUT2D eigenvalue weighted by Crippen LogP contribution is 2.23. The van der Waals surface area contributed by atoms with Crippen LogP contribution >= 0.6 is 11.6 Å². The Morgan fingerprint density at radius 2 is 1.91 bits per heavy atom. The van der Waals surface area contributed by atoms with E-state index in [1.54, 1.807) is 23.1 Å². The van der Waals surface area contributed by atoms with Gasteiger partial charge in [0.2, 0.25) is 0 Å². The number of aromatic nitrogens is 1. The fourth-order valence-corrected chi connectivity index (χ4v) is 2.72. The number of hydrogen-bond acceptors (Lipinski definition) is 4. The molecule has 120 valence electrons. The van der Waals surface area contributed by atoms with E-state index in [2.05, 4.69) is 4.98 Å². The molecule has 1 aromatic carbocycles. The Bertz CT molecular complexity index is 682. The zero-order chi connectivity index (χ0) is 16.2. The topological polar surface area (TPSA) is 62.7 Å². The van der Waals surface area contributed by atoms with Crippen LogP contribution in [0, 0.1) is 0 Å². The minimum Gasteiger partial charge on any atom is -0.505 e. The first-order valence-corrected chi connectivity index (χ1v) is 7.87. The van der Waals surface area contributed by atoms with Crippen molar-refractivity contribution < 1.29 is 14.6 Å². The van der Waals surface area contributed by atoms with Crippen LogP contribution in [0.4, 0.5) is 0 Å². The van der Waals surface area contributed by atoms with E-state index >= 15 is 0 Å².